The van der Waals surface area contributed by atoms with Gasteiger partial charge < -0.3 is 0 Å². The van der Waals surface area contributed by atoms with Gasteiger partial charge in [-0.2, -0.15) is 0 Å². The van der Waals surface area contributed by atoms with E-state index in [-0.39, 0.29) is 5.56 Å². The van der Waals surface area contributed by atoms with Gasteiger partial charge in [-0.05, 0) is 37.1 Å². The molecule has 0 saturated heterocycles. The van der Waals surface area contributed by atoms with Crippen molar-refractivity contribution in [2.75, 3.05) is 0 Å². The standard InChI is InChI=1S/C17H16N2OS/c1-12-6-3-4-8-15(12)21-11-14-10-16(20)19-9-5-7-13(2)17(19)18-14/h3-10H,11H2,1-2H3. The molecule has 3 aromatic rings. The van der Waals surface area contributed by atoms with E-state index in [0.29, 0.717) is 5.75 Å². The van der Waals surface area contributed by atoms with E-state index in [1.165, 1.54) is 10.5 Å². The van der Waals surface area contributed by atoms with Crippen LogP contribution in [0.15, 0.2) is 58.4 Å². The largest absolute Gasteiger partial charge is 0.269 e. The first-order valence-corrected chi connectivity index (χ1v) is 7.80. The first-order valence-electron chi connectivity index (χ1n) is 6.81. The zero-order valence-corrected chi connectivity index (χ0v) is 12.9. The predicted octanol–water partition coefficient (Wildman–Crippen LogP) is 3.60. The number of aryl methyl sites for hydroxylation is 2. The lowest BCUT2D eigenvalue weighted by Crippen LogP contribution is -2.15. The lowest BCUT2D eigenvalue weighted by Gasteiger charge is -2.07. The number of pyridine rings is 1. The van der Waals surface area contributed by atoms with Crippen molar-refractivity contribution in [3.8, 4) is 0 Å². The number of aromatic nitrogens is 2. The zero-order valence-electron chi connectivity index (χ0n) is 12.0. The van der Waals surface area contributed by atoms with Crippen LogP contribution in [0.25, 0.3) is 5.65 Å². The Hall–Kier alpha value is -2.07. The van der Waals surface area contributed by atoms with E-state index < -0.39 is 0 Å². The minimum Gasteiger partial charge on any atom is -0.269 e. The van der Waals surface area contributed by atoms with Gasteiger partial charge in [-0.3, -0.25) is 9.20 Å². The summed E-state index contributed by atoms with van der Waals surface area (Å²) in [5, 5.41) is 0. The molecule has 0 saturated carbocycles. The second-order valence-electron chi connectivity index (χ2n) is 5.02. The summed E-state index contributed by atoms with van der Waals surface area (Å²) in [5.74, 6) is 0.699. The summed E-state index contributed by atoms with van der Waals surface area (Å²) in [4.78, 5) is 18.0. The van der Waals surface area contributed by atoms with E-state index in [1.54, 1.807) is 28.4 Å². The Labute approximate surface area is 127 Å². The monoisotopic (exact) mass is 296 g/mol. The van der Waals surface area contributed by atoms with Gasteiger partial charge in [0.15, 0.2) is 0 Å². The Morgan fingerprint density at radius 2 is 1.86 bits per heavy atom. The Balaban J connectivity index is 1.93. The molecule has 0 aliphatic rings. The van der Waals surface area contributed by atoms with Gasteiger partial charge in [0.25, 0.3) is 5.56 Å². The smallest absolute Gasteiger partial charge is 0.258 e. The molecule has 2 heterocycles. The number of rotatable bonds is 3. The minimum atomic E-state index is -0.0240. The molecule has 0 aliphatic heterocycles. The molecule has 0 fully saturated rings. The average molecular weight is 296 g/mol. The van der Waals surface area contributed by atoms with Gasteiger partial charge in [0.2, 0.25) is 0 Å². The predicted molar refractivity (Wildman–Crippen MR) is 86.9 cm³/mol. The molecule has 0 amide bonds. The molecular weight excluding hydrogens is 280 g/mol. The maximum absolute atomic E-state index is 12.1. The second-order valence-corrected chi connectivity index (χ2v) is 6.04. The summed E-state index contributed by atoms with van der Waals surface area (Å²) in [6.45, 7) is 4.06. The number of hydrogen-bond donors (Lipinski definition) is 0. The van der Waals surface area contributed by atoms with E-state index in [1.807, 2.05) is 31.2 Å². The zero-order chi connectivity index (χ0) is 14.8. The SMILES string of the molecule is Cc1ccccc1SCc1cc(=O)n2cccc(C)c2n1. The van der Waals surface area contributed by atoms with Gasteiger partial charge in [-0.25, -0.2) is 4.98 Å². The van der Waals surface area contributed by atoms with Crippen LogP contribution in [0.1, 0.15) is 16.8 Å². The van der Waals surface area contributed by atoms with Gasteiger partial charge in [-0.1, -0.05) is 24.3 Å². The van der Waals surface area contributed by atoms with Gasteiger partial charge in [0, 0.05) is 22.9 Å². The van der Waals surface area contributed by atoms with Crippen LogP contribution >= 0.6 is 11.8 Å². The van der Waals surface area contributed by atoms with Crippen LogP contribution in [0.2, 0.25) is 0 Å². The van der Waals surface area contributed by atoms with Crippen LogP contribution in [0, 0.1) is 13.8 Å². The molecule has 3 nitrogen and oxygen atoms in total. The molecule has 21 heavy (non-hydrogen) atoms. The molecule has 3 rings (SSSR count). The van der Waals surface area contributed by atoms with Gasteiger partial charge in [-0.15, -0.1) is 11.8 Å². The number of fused-ring (bicyclic) bond motifs is 1. The van der Waals surface area contributed by atoms with Crippen molar-refractivity contribution >= 4 is 17.4 Å². The Morgan fingerprint density at radius 1 is 1.10 bits per heavy atom. The molecule has 1 aromatic carbocycles. The fourth-order valence-corrected chi connectivity index (χ4v) is 3.17. The van der Waals surface area contributed by atoms with Crippen molar-refractivity contribution in [2.24, 2.45) is 0 Å². The molecule has 0 aliphatic carbocycles. The highest BCUT2D eigenvalue weighted by atomic mass is 32.2. The average Bonchev–Trinajstić information content (AvgIpc) is 2.48. The third-order valence-electron chi connectivity index (χ3n) is 3.41. The molecule has 0 bridgehead atoms. The van der Waals surface area contributed by atoms with E-state index in [4.69, 9.17) is 0 Å². The van der Waals surface area contributed by atoms with E-state index in [0.717, 1.165) is 16.9 Å². The lowest BCUT2D eigenvalue weighted by atomic mass is 10.2. The highest BCUT2D eigenvalue weighted by molar-refractivity contribution is 7.98. The Bertz CT molecular complexity index is 855. The van der Waals surface area contributed by atoms with E-state index in [9.17, 15) is 4.79 Å². The lowest BCUT2D eigenvalue weighted by molar-refractivity contribution is 1.00. The third-order valence-corrected chi connectivity index (χ3v) is 4.62. The maximum Gasteiger partial charge on any atom is 0.258 e. The molecule has 0 radical (unpaired) electrons. The summed E-state index contributed by atoms with van der Waals surface area (Å²) in [6.07, 6.45) is 1.76. The highest BCUT2D eigenvalue weighted by Gasteiger charge is 2.06. The van der Waals surface area contributed by atoms with Crippen LogP contribution in [0.4, 0.5) is 0 Å². The second kappa shape index (κ2) is 5.74. The number of thioether (sulfide) groups is 1. The Kier molecular flexibility index (Phi) is 3.80. The third kappa shape index (κ3) is 2.85. The van der Waals surface area contributed by atoms with Crippen molar-refractivity contribution in [2.45, 2.75) is 24.5 Å². The van der Waals surface area contributed by atoms with Crippen LogP contribution in [0.3, 0.4) is 0 Å². The Morgan fingerprint density at radius 3 is 2.67 bits per heavy atom. The van der Waals surface area contributed by atoms with Crippen molar-refractivity contribution in [3.05, 3.63) is 75.8 Å². The summed E-state index contributed by atoms with van der Waals surface area (Å²) in [6, 6.07) is 13.7. The molecule has 0 atom stereocenters. The summed E-state index contributed by atoms with van der Waals surface area (Å²) < 4.78 is 1.59. The van der Waals surface area contributed by atoms with Crippen LogP contribution in [-0.2, 0) is 5.75 Å². The topological polar surface area (TPSA) is 34.4 Å². The summed E-state index contributed by atoms with van der Waals surface area (Å²) in [5.41, 5.74) is 3.80. The molecular formula is C17H16N2OS. The normalized spacial score (nSPS) is 11.0. The summed E-state index contributed by atoms with van der Waals surface area (Å²) >= 11 is 1.71. The van der Waals surface area contributed by atoms with Gasteiger partial charge in [0.05, 0.1) is 5.69 Å². The first kappa shape index (κ1) is 13.9. The van der Waals surface area contributed by atoms with Crippen LogP contribution < -0.4 is 5.56 Å². The molecule has 4 heteroatoms. The molecule has 0 spiro atoms. The minimum absolute atomic E-state index is 0.0240. The molecule has 106 valence electrons. The van der Waals surface area contributed by atoms with Gasteiger partial charge in [0.1, 0.15) is 5.65 Å². The fraction of sp³-hybridized carbons (Fsp3) is 0.176. The number of hydrogen-bond acceptors (Lipinski definition) is 3. The van der Waals surface area contributed by atoms with E-state index in [2.05, 4.69) is 24.0 Å². The van der Waals surface area contributed by atoms with Crippen molar-refractivity contribution in [1.82, 2.24) is 9.38 Å². The van der Waals surface area contributed by atoms with Crippen LogP contribution in [-0.4, -0.2) is 9.38 Å². The molecule has 0 N–H and O–H groups in total. The highest BCUT2D eigenvalue weighted by Crippen LogP contribution is 2.24. The van der Waals surface area contributed by atoms with E-state index >= 15 is 0 Å². The van der Waals surface area contributed by atoms with Gasteiger partial charge >= 0.3 is 0 Å². The van der Waals surface area contributed by atoms with Crippen molar-refractivity contribution < 1.29 is 0 Å². The molecule has 2 aromatic heterocycles. The molecule has 0 unspecified atom stereocenters. The van der Waals surface area contributed by atoms with Crippen LogP contribution in [0.5, 0.6) is 0 Å². The fourth-order valence-electron chi connectivity index (χ4n) is 2.25. The number of nitrogens with zero attached hydrogens (tertiary/aromatic N) is 2. The quantitative estimate of drug-likeness (QED) is 0.693. The maximum atomic E-state index is 12.1. The number of benzene rings is 1. The van der Waals surface area contributed by atoms with Crippen molar-refractivity contribution in [1.29, 1.82) is 0 Å². The van der Waals surface area contributed by atoms with Crippen molar-refractivity contribution in [3.63, 3.8) is 0 Å². The first-order chi connectivity index (χ1) is 10.1. The summed E-state index contributed by atoms with van der Waals surface area (Å²) in [7, 11) is 0.